The zero-order valence-electron chi connectivity index (χ0n) is 12.4. The van der Waals surface area contributed by atoms with Gasteiger partial charge in [0.15, 0.2) is 0 Å². The zero-order valence-corrected chi connectivity index (χ0v) is 12.4. The molecule has 0 N–H and O–H groups in total. The monoisotopic (exact) mass is 277 g/mol. The first-order chi connectivity index (χ1) is 10.1. The third kappa shape index (κ3) is 2.75. The van der Waals surface area contributed by atoms with Gasteiger partial charge in [-0.15, -0.1) is 0 Å². The molecule has 1 heterocycles. The van der Waals surface area contributed by atoms with Crippen molar-refractivity contribution in [2.75, 3.05) is 0 Å². The van der Waals surface area contributed by atoms with Crippen molar-refractivity contribution in [2.45, 2.75) is 26.3 Å². The van der Waals surface area contributed by atoms with Crippen LogP contribution in [0.1, 0.15) is 30.9 Å². The van der Waals surface area contributed by atoms with Crippen molar-refractivity contribution in [2.24, 2.45) is 0 Å². The van der Waals surface area contributed by atoms with Gasteiger partial charge in [-0.1, -0.05) is 56.3 Å². The first kappa shape index (κ1) is 13.6. The van der Waals surface area contributed by atoms with Gasteiger partial charge in [-0.25, -0.2) is 0 Å². The summed E-state index contributed by atoms with van der Waals surface area (Å²) in [4.78, 5) is 12.5. The lowest BCUT2D eigenvalue weighted by atomic mass is 10.0. The standard InChI is InChI=1S/C19H19NO/c1-14(2)16-9-7-15(8-10-16)13-20-12-11-17-5-3-4-6-18(17)19(20)21/h3-12,14H,13H2,1-2H3. The van der Waals surface area contributed by atoms with Gasteiger partial charge in [0.05, 0.1) is 6.54 Å². The summed E-state index contributed by atoms with van der Waals surface area (Å²) in [5.74, 6) is 0.530. The molecule has 0 bridgehead atoms. The molecule has 0 atom stereocenters. The largest absolute Gasteiger partial charge is 0.311 e. The molecule has 0 saturated carbocycles. The van der Waals surface area contributed by atoms with Gasteiger partial charge in [0, 0.05) is 11.6 Å². The lowest BCUT2D eigenvalue weighted by Crippen LogP contribution is -2.19. The van der Waals surface area contributed by atoms with Gasteiger partial charge < -0.3 is 4.57 Å². The van der Waals surface area contributed by atoms with Crippen molar-refractivity contribution in [3.63, 3.8) is 0 Å². The highest BCUT2D eigenvalue weighted by Crippen LogP contribution is 2.15. The van der Waals surface area contributed by atoms with Crippen molar-refractivity contribution >= 4 is 10.8 Å². The Balaban J connectivity index is 1.94. The van der Waals surface area contributed by atoms with Crippen LogP contribution in [0, 0.1) is 0 Å². The number of pyridine rings is 1. The summed E-state index contributed by atoms with van der Waals surface area (Å²) in [7, 11) is 0. The first-order valence-electron chi connectivity index (χ1n) is 7.32. The Morgan fingerprint density at radius 3 is 2.38 bits per heavy atom. The Kier molecular flexibility index (Phi) is 3.61. The minimum atomic E-state index is 0.0704. The lowest BCUT2D eigenvalue weighted by Gasteiger charge is -2.09. The number of hydrogen-bond donors (Lipinski definition) is 0. The summed E-state index contributed by atoms with van der Waals surface area (Å²) in [6.45, 7) is 4.98. The van der Waals surface area contributed by atoms with Crippen molar-refractivity contribution < 1.29 is 0 Å². The fourth-order valence-corrected chi connectivity index (χ4v) is 2.56. The summed E-state index contributed by atoms with van der Waals surface area (Å²) in [5, 5.41) is 1.77. The molecule has 0 aliphatic rings. The van der Waals surface area contributed by atoms with Crippen molar-refractivity contribution in [1.29, 1.82) is 0 Å². The fourth-order valence-electron chi connectivity index (χ4n) is 2.56. The Hall–Kier alpha value is -2.35. The van der Waals surface area contributed by atoms with Crippen LogP contribution < -0.4 is 5.56 Å². The summed E-state index contributed by atoms with van der Waals surface area (Å²) < 4.78 is 1.77. The smallest absolute Gasteiger partial charge is 0.258 e. The van der Waals surface area contributed by atoms with Gasteiger partial charge in [-0.3, -0.25) is 4.79 Å². The molecule has 0 aliphatic heterocycles. The van der Waals surface area contributed by atoms with Gasteiger partial charge >= 0.3 is 0 Å². The SMILES string of the molecule is CC(C)c1ccc(Cn2ccc3ccccc3c2=O)cc1. The second kappa shape index (κ2) is 5.57. The van der Waals surface area contributed by atoms with E-state index in [4.69, 9.17) is 0 Å². The maximum Gasteiger partial charge on any atom is 0.258 e. The molecule has 2 aromatic carbocycles. The predicted octanol–water partition coefficient (Wildman–Crippen LogP) is 4.17. The molecule has 106 valence electrons. The van der Waals surface area contributed by atoms with Crippen LogP contribution in [-0.4, -0.2) is 4.57 Å². The molecule has 2 heteroatoms. The van der Waals surface area contributed by atoms with Crippen LogP contribution in [0.25, 0.3) is 10.8 Å². The van der Waals surface area contributed by atoms with Gasteiger partial charge in [0.25, 0.3) is 5.56 Å². The Bertz CT molecular complexity index is 813. The van der Waals surface area contributed by atoms with Gasteiger partial charge in [0.1, 0.15) is 0 Å². The minimum Gasteiger partial charge on any atom is -0.311 e. The average Bonchev–Trinajstić information content (AvgIpc) is 2.51. The van der Waals surface area contributed by atoms with E-state index in [0.29, 0.717) is 12.5 Å². The van der Waals surface area contributed by atoms with Gasteiger partial charge in [0.2, 0.25) is 0 Å². The number of hydrogen-bond acceptors (Lipinski definition) is 1. The summed E-state index contributed by atoms with van der Waals surface area (Å²) >= 11 is 0. The minimum absolute atomic E-state index is 0.0704. The molecule has 21 heavy (non-hydrogen) atoms. The Morgan fingerprint density at radius 1 is 0.952 bits per heavy atom. The van der Waals surface area contributed by atoms with Crippen LogP contribution in [0.15, 0.2) is 65.6 Å². The third-order valence-electron chi connectivity index (χ3n) is 3.89. The zero-order chi connectivity index (χ0) is 14.8. The van der Waals surface area contributed by atoms with E-state index in [1.807, 2.05) is 36.5 Å². The molecule has 0 aliphatic carbocycles. The van der Waals surface area contributed by atoms with Crippen LogP contribution in [0.3, 0.4) is 0 Å². The van der Waals surface area contributed by atoms with E-state index in [1.54, 1.807) is 4.57 Å². The van der Waals surface area contributed by atoms with E-state index in [-0.39, 0.29) is 5.56 Å². The van der Waals surface area contributed by atoms with E-state index in [9.17, 15) is 4.79 Å². The number of benzene rings is 2. The van der Waals surface area contributed by atoms with E-state index in [1.165, 1.54) is 5.56 Å². The van der Waals surface area contributed by atoms with Crippen molar-refractivity contribution in [3.8, 4) is 0 Å². The molecule has 0 amide bonds. The van der Waals surface area contributed by atoms with Crippen molar-refractivity contribution in [3.05, 3.63) is 82.3 Å². The second-order valence-corrected chi connectivity index (χ2v) is 5.73. The van der Waals surface area contributed by atoms with Crippen LogP contribution in [0.4, 0.5) is 0 Å². The number of fused-ring (bicyclic) bond motifs is 1. The molecule has 3 aromatic rings. The van der Waals surface area contributed by atoms with Crippen LogP contribution in [-0.2, 0) is 6.54 Å². The maximum absolute atomic E-state index is 12.5. The van der Waals surface area contributed by atoms with E-state index in [0.717, 1.165) is 16.3 Å². The molecule has 0 spiro atoms. The average molecular weight is 277 g/mol. The van der Waals surface area contributed by atoms with Crippen LogP contribution in [0.5, 0.6) is 0 Å². The molecule has 1 aromatic heterocycles. The van der Waals surface area contributed by atoms with Gasteiger partial charge in [-0.05, 0) is 34.6 Å². The molecular weight excluding hydrogens is 258 g/mol. The highest BCUT2D eigenvalue weighted by molar-refractivity contribution is 5.81. The van der Waals surface area contributed by atoms with Crippen LogP contribution >= 0.6 is 0 Å². The van der Waals surface area contributed by atoms with E-state index in [2.05, 4.69) is 38.1 Å². The molecule has 2 nitrogen and oxygen atoms in total. The Morgan fingerprint density at radius 2 is 1.67 bits per heavy atom. The lowest BCUT2D eigenvalue weighted by molar-refractivity contribution is 0.766. The predicted molar refractivity (Wildman–Crippen MR) is 87.8 cm³/mol. The topological polar surface area (TPSA) is 22.0 Å². The van der Waals surface area contributed by atoms with Crippen LogP contribution in [0.2, 0.25) is 0 Å². The number of rotatable bonds is 3. The van der Waals surface area contributed by atoms with Crippen molar-refractivity contribution in [1.82, 2.24) is 4.57 Å². The molecule has 0 radical (unpaired) electrons. The quantitative estimate of drug-likeness (QED) is 0.704. The second-order valence-electron chi connectivity index (χ2n) is 5.73. The molecule has 0 fully saturated rings. The highest BCUT2D eigenvalue weighted by atomic mass is 16.1. The summed E-state index contributed by atoms with van der Waals surface area (Å²) in [5.41, 5.74) is 2.54. The molecule has 0 unspecified atom stereocenters. The van der Waals surface area contributed by atoms with E-state index >= 15 is 0 Å². The fraction of sp³-hybridized carbons (Fsp3) is 0.211. The number of nitrogens with zero attached hydrogens (tertiary/aromatic N) is 1. The summed E-state index contributed by atoms with van der Waals surface area (Å²) in [6.07, 6.45) is 1.88. The molecule has 0 saturated heterocycles. The molecular formula is C19H19NO. The maximum atomic E-state index is 12.5. The highest BCUT2D eigenvalue weighted by Gasteiger charge is 2.04. The van der Waals surface area contributed by atoms with Gasteiger partial charge in [-0.2, -0.15) is 0 Å². The van der Waals surface area contributed by atoms with E-state index < -0.39 is 0 Å². The molecule has 3 rings (SSSR count). The normalized spacial score (nSPS) is 11.2. The number of aromatic nitrogens is 1. The Labute approximate surface area is 124 Å². The first-order valence-corrected chi connectivity index (χ1v) is 7.32. The summed E-state index contributed by atoms with van der Waals surface area (Å²) in [6, 6.07) is 18.2. The third-order valence-corrected chi connectivity index (χ3v) is 3.89.